The highest BCUT2D eigenvalue weighted by molar-refractivity contribution is 6.07. The summed E-state index contributed by atoms with van der Waals surface area (Å²) in [5.74, 6) is -0.620. The van der Waals surface area contributed by atoms with Crippen molar-refractivity contribution in [3.05, 3.63) is 81.4 Å². The molecule has 7 heteroatoms. The summed E-state index contributed by atoms with van der Waals surface area (Å²) in [5, 5.41) is 10.7. The molecule has 0 bridgehead atoms. The Hall–Kier alpha value is -2.96. The van der Waals surface area contributed by atoms with Crippen LogP contribution in [-0.4, -0.2) is 10.7 Å². The fourth-order valence-corrected chi connectivity index (χ4v) is 1.93. The number of nitro groups is 1. The van der Waals surface area contributed by atoms with Crippen LogP contribution in [0.1, 0.15) is 21.5 Å². The molecule has 2 aromatic rings. The number of allylic oxidation sites excluding steroid dienone is 1. The Labute approximate surface area is 129 Å². The van der Waals surface area contributed by atoms with Crippen molar-refractivity contribution in [3.8, 4) is 0 Å². The fourth-order valence-electron chi connectivity index (χ4n) is 1.93. The number of alkyl halides is 3. The minimum absolute atomic E-state index is 0.0277. The number of carbonyl (C=O) groups is 1. The summed E-state index contributed by atoms with van der Waals surface area (Å²) in [4.78, 5) is 22.0. The van der Waals surface area contributed by atoms with E-state index < -0.39 is 22.4 Å². The molecule has 4 nitrogen and oxygen atoms in total. The standard InChI is InChI=1S/C16H10F3NO3/c17-16(18,19)14-7-2-1-4-11(14)8-9-15(21)12-5-3-6-13(10-12)20(22)23/h1-10H. The normalized spacial score (nSPS) is 11.6. The maximum Gasteiger partial charge on any atom is 0.416 e. The Balaban J connectivity index is 2.29. The minimum Gasteiger partial charge on any atom is -0.289 e. The summed E-state index contributed by atoms with van der Waals surface area (Å²) in [6.07, 6.45) is -2.52. The van der Waals surface area contributed by atoms with Gasteiger partial charge in [-0.3, -0.25) is 14.9 Å². The number of non-ortho nitro benzene ring substituents is 1. The summed E-state index contributed by atoms with van der Waals surface area (Å²) in [6, 6.07) is 9.81. The minimum atomic E-state index is -4.53. The van der Waals surface area contributed by atoms with Crippen molar-refractivity contribution in [3.63, 3.8) is 0 Å². The number of hydrogen-bond acceptors (Lipinski definition) is 3. The van der Waals surface area contributed by atoms with E-state index in [4.69, 9.17) is 0 Å². The molecule has 0 spiro atoms. The van der Waals surface area contributed by atoms with Gasteiger partial charge in [0.1, 0.15) is 0 Å². The van der Waals surface area contributed by atoms with Gasteiger partial charge in [-0.1, -0.05) is 36.4 Å². The van der Waals surface area contributed by atoms with Crippen molar-refractivity contribution in [1.82, 2.24) is 0 Å². The van der Waals surface area contributed by atoms with Crippen LogP contribution in [0.15, 0.2) is 54.6 Å². The zero-order chi connectivity index (χ0) is 17.0. The monoisotopic (exact) mass is 321 g/mol. The first-order chi connectivity index (χ1) is 10.8. The Morgan fingerprint density at radius 1 is 1.09 bits per heavy atom. The first kappa shape index (κ1) is 16.4. The van der Waals surface area contributed by atoms with Gasteiger partial charge in [0.25, 0.3) is 5.69 Å². The highest BCUT2D eigenvalue weighted by Gasteiger charge is 2.32. The molecule has 2 aromatic carbocycles. The zero-order valence-corrected chi connectivity index (χ0v) is 11.6. The third-order valence-electron chi connectivity index (χ3n) is 3.02. The molecular weight excluding hydrogens is 311 g/mol. The van der Waals surface area contributed by atoms with Crippen LogP contribution in [0.2, 0.25) is 0 Å². The van der Waals surface area contributed by atoms with Crippen molar-refractivity contribution in [2.24, 2.45) is 0 Å². The second-order valence-corrected chi connectivity index (χ2v) is 4.59. The molecule has 0 heterocycles. The van der Waals surface area contributed by atoms with Crippen LogP contribution in [0.3, 0.4) is 0 Å². The van der Waals surface area contributed by atoms with E-state index in [1.807, 2.05) is 0 Å². The molecule has 0 aliphatic heterocycles. The second kappa shape index (κ2) is 6.43. The lowest BCUT2D eigenvalue weighted by Crippen LogP contribution is -2.07. The molecule has 0 aliphatic rings. The van der Waals surface area contributed by atoms with E-state index >= 15 is 0 Å². The molecule has 118 valence electrons. The average molecular weight is 321 g/mol. The molecule has 23 heavy (non-hydrogen) atoms. The maximum absolute atomic E-state index is 12.8. The quantitative estimate of drug-likeness (QED) is 0.360. The third kappa shape index (κ3) is 4.03. The lowest BCUT2D eigenvalue weighted by atomic mass is 10.0. The van der Waals surface area contributed by atoms with E-state index in [1.54, 1.807) is 0 Å². The maximum atomic E-state index is 12.8. The number of halogens is 3. The number of nitro benzene ring substituents is 1. The van der Waals surface area contributed by atoms with Crippen LogP contribution in [0.4, 0.5) is 18.9 Å². The van der Waals surface area contributed by atoms with Crippen LogP contribution in [0.5, 0.6) is 0 Å². The molecule has 0 fully saturated rings. The summed E-state index contributed by atoms with van der Waals surface area (Å²) >= 11 is 0. The van der Waals surface area contributed by atoms with Gasteiger partial charge in [0.05, 0.1) is 10.5 Å². The van der Waals surface area contributed by atoms with Crippen molar-refractivity contribution in [2.45, 2.75) is 6.18 Å². The Morgan fingerprint density at radius 2 is 1.78 bits per heavy atom. The van der Waals surface area contributed by atoms with E-state index in [-0.39, 0.29) is 16.8 Å². The molecule has 0 aliphatic carbocycles. The number of rotatable bonds is 4. The highest BCUT2D eigenvalue weighted by atomic mass is 19.4. The summed E-state index contributed by atoms with van der Waals surface area (Å²) < 4.78 is 38.5. The largest absolute Gasteiger partial charge is 0.416 e. The Kier molecular flexibility index (Phi) is 4.59. The third-order valence-corrected chi connectivity index (χ3v) is 3.02. The first-order valence-electron chi connectivity index (χ1n) is 6.42. The molecule has 2 rings (SSSR count). The number of carbonyl (C=O) groups excluding carboxylic acids is 1. The van der Waals surface area contributed by atoms with Gasteiger partial charge in [0, 0.05) is 17.7 Å². The number of ketones is 1. The first-order valence-corrected chi connectivity index (χ1v) is 6.42. The summed E-state index contributed by atoms with van der Waals surface area (Å²) in [5.41, 5.74) is -1.25. The smallest absolute Gasteiger partial charge is 0.289 e. The predicted molar refractivity (Wildman–Crippen MR) is 77.9 cm³/mol. The van der Waals surface area contributed by atoms with Crippen LogP contribution in [-0.2, 0) is 6.18 Å². The molecule has 0 aromatic heterocycles. The van der Waals surface area contributed by atoms with Gasteiger partial charge in [-0.15, -0.1) is 0 Å². The van der Waals surface area contributed by atoms with Gasteiger partial charge in [0.15, 0.2) is 5.78 Å². The molecule has 0 unspecified atom stereocenters. The molecular formula is C16H10F3NO3. The summed E-state index contributed by atoms with van der Waals surface area (Å²) in [6.45, 7) is 0. The predicted octanol–water partition coefficient (Wildman–Crippen LogP) is 4.51. The van der Waals surface area contributed by atoms with Crippen LogP contribution in [0, 0.1) is 10.1 Å². The van der Waals surface area contributed by atoms with Gasteiger partial charge >= 0.3 is 6.18 Å². The zero-order valence-electron chi connectivity index (χ0n) is 11.6. The van der Waals surface area contributed by atoms with Crippen LogP contribution in [0.25, 0.3) is 6.08 Å². The molecule has 0 N–H and O–H groups in total. The molecule has 0 amide bonds. The van der Waals surface area contributed by atoms with E-state index in [0.717, 1.165) is 24.3 Å². The van der Waals surface area contributed by atoms with Crippen LogP contribution < -0.4 is 0 Å². The second-order valence-electron chi connectivity index (χ2n) is 4.59. The lowest BCUT2D eigenvalue weighted by Gasteiger charge is -2.09. The fraction of sp³-hybridized carbons (Fsp3) is 0.0625. The van der Waals surface area contributed by atoms with Gasteiger partial charge < -0.3 is 0 Å². The van der Waals surface area contributed by atoms with Crippen LogP contribution >= 0.6 is 0 Å². The van der Waals surface area contributed by atoms with E-state index in [1.165, 1.54) is 36.4 Å². The van der Waals surface area contributed by atoms with Crippen molar-refractivity contribution >= 4 is 17.5 Å². The molecule has 0 atom stereocenters. The van der Waals surface area contributed by atoms with E-state index in [0.29, 0.717) is 0 Å². The average Bonchev–Trinajstić information content (AvgIpc) is 2.52. The topological polar surface area (TPSA) is 60.2 Å². The van der Waals surface area contributed by atoms with Gasteiger partial charge in [-0.2, -0.15) is 13.2 Å². The van der Waals surface area contributed by atoms with Gasteiger partial charge in [-0.05, 0) is 17.7 Å². The number of hydrogen-bond donors (Lipinski definition) is 0. The van der Waals surface area contributed by atoms with Crippen molar-refractivity contribution < 1.29 is 22.9 Å². The SMILES string of the molecule is O=C(C=Cc1ccccc1C(F)(F)F)c1cccc([N+](=O)[O-])c1. The van der Waals surface area contributed by atoms with Gasteiger partial charge in [-0.25, -0.2) is 0 Å². The number of benzene rings is 2. The molecule has 0 saturated carbocycles. The van der Waals surface area contributed by atoms with Gasteiger partial charge in [0.2, 0.25) is 0 Å². The van der Waals surface area contributed by atoms with Crippen molar-refractivity contribution in [2.75, 3.05) is 0 Å². The lowest BCUT2D eigenvalue weighted by molar-refractivity contribution is -0.384. The Morgan fingerprint density at radius 3 is 2.43 bits per heavy atom. The number of nitrogens with zero attached hydrogens (tertiary/aromatic N) is 1. The van der Waals surface area contributed by atoms with E-state index in [9.17, 15) is 28.1 Å². The highest BCUT2D eigenvalue weighted by Crippen LogP contribution is 2.32. The summed E-state index contributed by atoms with van der Waals surface area (Å²) in [7, 11) is 0. The van der Waals surface area contributed by atoms with Crippen molar-refractivity contribution in [1.29, 1.82) is 0 Å². The Bertz CT molecular complexity index is 782. The van der Waals surface area contributed by atoms with E-state index in [2.05, 4.69) is 0 Å². The molecule has 0 saturated heterocycles. The molecule has 0 radical (unpaired) electrons.